The number of aliphatic hydroxyl groups is 1. The van der Waals surface area contributed by atoms with Gasteiger partial charge in [-0.3, -0.25) is 0 Å². The van der Waals surface area contributed by atoms with Gasteiger partial charge < -0.3 is 31.2 Å². The number of ether oxygens (including phenoxy) is 3. The van der Waals surface area contributed by atoms with Crippen molar-refractivity contribution >= 4 is 32.3 Å². The lowest BCUT2D eigenvalue weighted by molar-refractivity contribution is 0.0416. The van der Waals surface area contributed by atoms with Gasteiger partial charge in [0.25, 0.3) is 0 Å². The Kier molecular flexibility index (Phi) is 20.3. The van der Waals surface area contributed by atoms with Crippen LogP contribution in [0.4, 0.5) is 0 Å². The monoisotopic (exact) mass is 582 g/mol. The average molecular weight is 583 g/mol. The molecular weight excluding hydrogens is 517 g/mol. The Morgan fingerprint density at radius 2 is 1.17 bits per heavy atom. The van der Waals surface area contributed by atoms with Gasteiger partial charge in [0.05, 0.1) is 25.9 Å². The third-order valence-electron chi connectivity index (χ3n) is 6.68. The van der Waals surface area contributed by atoms with Crippen LogP contribution in [0.5, 0.6) is 0 Å². The number of aliphatic hydroxyl groups excluding tert-OH is 1. The third-order valence-corrected chi connectivity index (χ3v) is 17.8. The van der Waals surface area contributed by atoms with Crippen molar-refractivity contribution in [3.8, 4) is 0 Å². The predicted octanol–water partition coefficient (Wildman–Crippen LogP) is 6.76. The normalized spacial score (nSPS) is 17.2. The lowest BCUT2D eigenvalue weighted by Gasteiger charge is -2.26. The standard InChI is InChI=1S/C13H33NO2Si2.C13H30O2Si2.H3N/c1-17(2,3)9-10-18(4,5)8-6-7-16-12-13(15)11-14;1-16(2,3)9-10-17(4,5)8-6-7-14-11-13-12-15-13;/h13,15H,6-12,14H2,1-5H3;13H,6-12H2,1-5H3;1H3. The molecule has 6 nitrogen and oxygen atoms in total. The van der Waals surface area contributed by atoms with E-state index in [0.29, 0.717) is 12.7 Å². The minimum absolute atomic E-state index is 0. The molecular formula is C26H66N2O4Si4. The summed E-state index contributed by atoms with van der Waals surface area (Å²) in [6.45, 7) is 29.0. The van der Waals surface area contributed by atoms with Gasteiger partial charge in [-0.1, -0.05) is 102 Å². The lowest BCUT2D eigenvalue weighted by atomic mass is 10.4. The van der Waals surface area contributed by atoms with Crippen molar-refractivity contribution < 1.29 is 19.3 Å². The SMILES string of the molecule is C[Si](C)(C)CC[Si](C)(C)CCCOCC(O)CN.C[Si](C)(C)CC[Si](C)(C)CCCOCC1CO1.N. The van der Waals surface area contributed by atoms with Crippen LogP contribution >= 0.6 is 0 Å². The highest BCUT2D eigenvalue weighted by Crippen LogP contribution is 2.25. The molecule has 0 bridgehead atoms. The highest BCUT2D eigenvalue weighted by Gasteiger charge is 2.25. The number of hydrogen-bond acceptors (Lipinski definition) is 6. The van der Waals surface area contributed by atoms with Gasteiger partial charge in [-0.25, -0.2) is 0 Å². The van der Waals surface area contributed by atoms with Crippen molar-refractivity contribution in [3.63, 3.8) is 0 Å². The lowest BCUT2D eigenvalue weighted by Crippen LogP contribution is -2.30. The molecule has 0 aliphatic carbocycles. The van der Waals surface area contributed by atoms with Gasteiger partial charge in [-0.05, 0) is 12.8 Å². The molecule has 0 spiro atoms. The second-order valence-corrected chi connectivity index (χ2v) is 36.6. The molecule has 0 radical (unpaired) electrons. The van der Waals surface area contributed by atoms with E-state index in [1.165, 1.54) is 42.7 Å². The van der Waals surface area contributed by atoms with Gasteiger partial charge in [-0.15, -0.1) is 0 Å². The topological polar surface area (TPSA) is 112 Å². The van der Waals surface area contributed by atoms with Gasteiger partial charge >= 0.3 is 0 Å². The maximum absolute atomic E-state index is 9.25. The van der Waals surface area contributed by atoms with E-state index in [4.69, 9.17) is 19.9 Å². The van der Waals surface area contributed by atoms with Crippen LogP contribution in [0.1, 0.15) is 12.8 Å². The summed E-state index contributed by atoms with van der Waals surface area (Å²) in [5.41, 5.74) is 5.32. The predicted molar refractivity (Wildman–Crippen MR) is 171 cm³/mol. The summed E-state index contributed by atoms with van der Waals surface area (Å²) < 4.78 is 16.2. The van der Waals surface area contributed by atoms with E-state index in [1.807, 2.05) is 0 Å². The molecule has 0 saturated carbocycles. The Bertz CT molecular complexity index is 537. The molecule has 36 heavy (non-hydrogen) atoms. The zero-order chi connectivity index (χ0) is 27.2. The molecule has 220 valence electrons. The van der Waals surface area contributed by atoms with E-state index >= 15 is 0 Å². The summed E-state index contributed by atoms with van der Waals surface area (Å²) in [7, 11) is -3.71. The molecule has 0 aromatic rings. The zero-order valence-electron chi connectivity index (χ0n) is 26.0. The van der Waals surface area contributed by atoms with E-state index < -0.39 is 38.4 Å². The fraction of sp³-hybridized carbons (Fsp3) is 1.00. The highest BCUT2D eigenvalue weighted by atomic mass is 28.3. The molecule has 1 fully saturated rings. The van der Waals surface area contributed by atoms with Gasteiger partial charge in [0.1, 0.15) is 6.10 Å². The summed E-state index contributed by atoms with van der Waals surface area (Å²) in [6.07, 6.45) is 2.30. The zero-order valence-corrected chi connectivity index (χ0v) is 30.0. The van der Waals surface area contributed by atoms with Crippen LogP contribution in [-0.2, 0) is 14.2 Å². The Morgan fingerprint density at radius 1 is 0.750 bits per heavy atom. The van der Waals surface area contributed by atoms with E-state index in [0.717, 1.165) is 32.8 Å². The van der Waals surface area contributed by atoms with Crippen molar-refractivity contribution in [3.05, 3.63) is 0 Å². The number of epoxide rings is 1. The van der Waals surface area contributed by atoms with Crippen molar-refractivity contribution in [1.82, 2.24) is 6.15 Å². The van der Waals surface area contributed by atoms with Crippen LogP contribution in [0.2, 0.25) is 102 Å². The summed E-state index contributed by atoms with van der Waals surface area (Å²) >= 11 is 0. The number of nitrogens with two attached hydrogens (primary N) is 1. The maximum Gasteiger partial charge on any atom is 0.104 e. The molecule has 0 aromatic carbocycles. The van der Waals surface area contributed by atoms with Gasteiger partial charge in [0.2, 0.25) is 0 Å². The van der Waals surface area contributed by atoms with Crippen LogP contribution in [0.15, 0.2) is 0 Å². The summed E-state index contributed by atoms with van der Waals surface area (Å²) in [6, 6.07) is 8.67. The second kappa shape index (κ2) is 18.8. The van der Waals surface area contributed by atoms with Gasteiger partial charge in [-0.2, -0.15) is 0 Å². The maximum atomic E-state index is 9.25. The Morgan fingerprint density at radius 3 is 1.53 bits per heavy atom. The van der Waals surface area contributed by atoms with Gasteiger partial charge in [0.15, 0.2) is 0 Å². The Labute approximate surface area is 229 Å². The minimum Gasteiger partial charge on any atom is -0.389 e. The van der Waals surface area contributed by atoms with Crippen molar-refractivity contribution in [2.24, 2.45) is 5.73 Å². The van der Waals surface area contributed by atoms with E-state index in [9.17, 15) is 5.11 Å². The van der Waals surface area contributed by atoms with Crippen molar-refractivity contribution in [1.29, 1.82) is 0 Å². The molecule has 1 saturated heterocycles. The third kappa shape index (κ3) is 27.7. The molecule has 1 aliphatic rings. The summed E-state index contributed by atoms with van der Waals surface area (Å²) in [5.74, 6) is 0. The van der Waals surface area contributed by atoms with Crippen molar-refractivity contribution in [2.75, 3.05) is 39.6 Å². The first kappa shape index (κ1) is 38.8. The fourth-order valence-corrected chi connectivity index (χ4v) is 17.8. The Balaban J connectivity index is 0. The quantitative estimate of drug-likeness (QED) is 0.0881. The molecule has 1 aliphatic heterocycles. The van der Waals surface area contributed by atoms with Crippen LogP contribution in [0.3, 0.4) is 0 Å². The molecule has 6 N–H and O–H groups in total. The number of hydrogen-bond donors (Lipinski definition) is 3. The second-order valence-electron chi connectivity index (χ2n) is 14.7. The summed E-state index contributed by atoms with van der Waals surface area (Å²) in [5, 5.41) is 9.25. The molecule has 0 amide bonds. The van der Waals surface area contributed by atoms with E-state index in [1.54, 1.807) is 0 Å². The molecule has 1 heterocycles. The first-order valence-electron chi connectivity index (χ1n) is 14.1. The molecule has 0 aromatic heterocycles. The first-order chi connectivity index (χ1) is 15.9. The van der Waals surface area contributed by atoms with Crippen LogP contribution in [-0.4, -0.2) is 89.2 Å². The van der Waals surface area contributed by atoms with Crippen LogP contribution in [0, 0.1) is 0 Å². The van der Waals surface area contributed by atoms with Crippen LogP contribution < -0.4 is 11.9 Å². The van der Waals surface area contributed by atoms with Crippen molar-refractivity contribution in [2.45, 2.75) is 127 Å². The molecule has 2 unspecified atom stereocenters. The van der Waals surface area contributed by atoms with Gasteiger partial charge in [0, 0.05) is 52.1 Å². The smallest absolute Gasteiger partial charge is 0.104 e. The average Bonchev–Trinajstić information content (AvgIpc) is 3.54. The first-order valence-corrected chi connectivity index (χ1v) is 28.3. The minimum atomic E-state index is -1.03. The van der Waals surface area contributed by atoms with Crippen LogP contribution in [0.25, 0.3) is 0 Å². The molecule has 2 atom stereocenters. The largest absolute Gasteiger partial charge is 0.389 e. The highest BCUT2D eigenvalue weighted by molar-refractivity contribution is 6.82. The number of rotatable bonds is 19. The molecule has 1 rings (SSSR count). The summed E-state index contributed by atoms with van der Waals surface area (Å²) in [4.78, 5) is 0. The molecule has 10 heteroatoms. The van der Waals surface area contributed by atoms with E-state index in [-0.39, 0.29) is 12.7 Å². The fourth-order valence-electron chi connectivity index (χ4n) is 3.65. The van der Waals surface area contributed by atoms with E-state index in [2.05, 4.69) is 65.5 Å². The Hall–Kier alpha value is 0.628.